The average molecular weight is 277 g/mol. The highest BCUT2D eigenvalue weighted by Gasteiger charge is 2.20. The molecule has 20 heavy (non-hydrogen) atoms. The number of benzene rings is 1. The molecule has 110 valence electrons. The van der Waals surface area contributed by atoms with E-state index in [-0.39, 0.29) is 36.7 Å². The molecule has 4 nitrogen and oxygen atoms in total. The van der Waals surface area contributed by atoms with Gasteiger partial charge in [-0.2, -0.15) is 0 Å². The van der Waals surface area contributed by atoms with E-state index in [1.54, 1.807) is 7.05 Å². The lowest BCUT2D eigenvalue weighted by molar-refractivity contribution is -0.145. The van der Waals surface area contributed by atoms with Crippen molar-refractivity contribution in [3.8, 4) is 0 Å². The Hall–Kier alpha value is -1.68. The minimum atomic E-state index is -0.278. The Bertz CT molecular complexity index is 429. The van der Waals surface area contributed by atoms with Gasteiger partial charge in [0.1, 0.15) is 6.61 Å². The maximum Gasteiger partial charge on any atom is 0.306 e. The number of hydrogen-bond acceptors (Lipinski definition) is 4. The molecule has 0 aliphatic rings. The van der Waals surface area contributed by atoms with Gasteiger partial charge in [-0.25, -0.2) is 0 Å². The van der Waals surface area contributed by atoms with Crippen molar-refractivity contribution in [1.29, 1.82) is 0 Å². The zero-order valence-corrected chi connectivity index (χ0v) is 12.4. The van der Waals surface area contributed by atoms with Crippen LogP contribution >= 0.6 is 0 Å². The first kappa shape index (κ1) is 16.4. The molecular weight excluding hydrogens is 254 g/mol. The standard InChI is InChI=1S/C16H23NO3/c1-12(2)16(19)14(17-3)9-10-15(18)20-11-13-7-5-4-6-8-13/h4-8,12,14,17H,9-11H2,1-3H3. The van der Waals surface area contributed by atoms with Crippen LogP contribution in [0.4, 0.5) is 0 Å². The van der Waals surface area contributed by atoms with Gasteiger partial charge in [0.25, 0.3) is 0 Å². The number of carbonyl (C=O) groups is 2. The molecule has 0 aromatic heterocycles. The molecule has 1 unspecified atom stereocenters. The SMILES string of the molecule is CNC(CCC(=O)OCc1ccccc1)C(=O)C(C)C. The van der Waals surface area contributed by atoms with Gasteiger partial charge < -0.3 is 10.1 Å². The van der Waals surface area contributed by atoms with Crippen LogP contribution < -0.4 is 5.32 Å². The molecule has 4 heteroatoms. The lowest BCUT2D eigenvalue weighted by Crippen LogP contribution is -2.37. The summed E-state index contributed by atoms with van der Waals surface area (Å²) in [4.78, 5) is 23.5. The van der Waals surface area contributed by atoms with E-state index in [0.717, 1.165) is 5.56 Å². The Morgan fingerprint density at radius 1 is 1.20 bits per heavy atom. The number of nitrogens with one attached hydrogen (secondary N) is 1. The Morgan fingerprint density at radius 3 is 2.40 bits per heavy atom. The fourth-order valence-electron chi connectivity index (χ4n) is 1.90. The van der Waals surface area contributed by atoms with Crippen LogP contribution in [-0.2, 0) is 20.9 Å². The van der Waals surface area contributed by atoms with Crippen molar-refractivity contribution in [3.05, 3.63) is 35.9 Å². The van der Waals surface area contributed by atoms with Crippen molar-refractivity contribution in [1.82, 2.24) is 5.32 Å². The smallest absolute Gasteiger partial charge is 0.306 e. The van der Waals surface area contributed by atoms with Crippen LogP contribution in [0.2, 0.25) is 0 Å². The number of Topliss-reactive ketones (excluding diaryl/α,β-unsaturated/α-hetero) is 1. The van der Waals surface area contributed by atoms with E-state index >= 15 is 0 Å². The predicted molar refractivity (Wildman–Crippen MR) is 78.2 cm³/mol. The third kappa shape index (κ3) is 5.53. The monoisotopic (exact) mass is 277 g/mol. The predicted octanol–water partition coefficient (Wildman–Crippen LogP) is 2.32. The van der Waals surface area contributed by atoms with Crippen LogP contribution in [0.25, 0.3) is 0 Å². The number of hydrogen-bond donors (Lipinski definition) is 1. The van der Waals surface area contributed by atoms with Crippen LogP contribution in [0.5, 0.6) is 0 Å². The summed E-state index contributed by atoms with van der Waals surface area (Å²) in [6.07, 6.45) is 0.720. The molecule has 0 aliphatic carbocycles. The molecular formula is C16H23NO3. The van der Waals surface area contributed by atoms with Crippen LogP contribution in [0.3, 0.4) is 0 Å². The summed E-state index contributed by atoms with van der Waals surface area (Å²) in [5, 5.41) is 2.95. The summed E-state index contributed by atoms with van der Waals surface area (Å²) in [5.74, 6) is -0.179. The Balaban J connectivity index is 2.33. The maximum absolute atomic E-state index is 11.9. The molecule has 1 N–H and O–H groups in total. The van der Waals surface area contributed by atoms with Crippen LogP contribution in [0.15, 0.2) is 30.3 Å². The highest BCUT2D eigenvalue weighted by Crippen LogP contribution is 2.08. The normalized spacial score (nSPS) is 12.2. The third-order valence-electron chi connectivity index (χ3n) is 3.14. The molecule has 1 aromatic carbocycles. The molecule has 0 aliphatic heterocycles. The van der Waals surface area contributed by atoms with Gasteiger partial charge in [-0.3, -0.25) is 9.59 Å². The Morgan fingerprint density at radius 2 is 1.85 bits per heavy atom. The number of esters is 1. The first-order valence-corrected chi connectivity index (χ1v) is 6.95. The lowest BCUT2D eigenvalue weighted by atomic mass is 9.98. The Labute approximate surface area is 120 Å². The molecule has 1 aromatic rings. The third-order valence-corrected chi connectivity index (χ3v) is 3.14. The van der Waals surface area contributed by atoms with Crippen molar-refractivity contribution < 1.29 is 14.3 Å². The number of ketones is 1. The Kier molecular flexibility index (Phi) is 6.94. The highest BCUT2D eigenvalue weighted by atomic mass is 16.5. The van der Waals surface area contributed by atoms with E-state index in [4.69, 9.17) is 4.74 Å². The fraction of sp³-hybridized carbons (Fsp3) is 0.500. The van der Waals surface area contributed by atoms with Crippen molar-refractivity contribution in [3.63, 3.8) is 0 Å². The average Bonchev–Trinajstić information content (AvgIpc) is 2.46. The van der Waals surface area contributed by atoms with Gasteiger partial charge in [-0.15, -0.1) is 0 Å². The van der Waals surface area contributed by atoms with Gasteiger partial charge in [-0.05, 0) is 19.0 Å². The molecule has 0 amide bonds. The molecule has 0 heterocycles. The fourth-order valence-corrected chi connectivity index (χ4v) is 1.90. The molecule has 0 saturated heterocycles. The molecule has 0 bridgehead atoms. The van der Waals surface area contributed by atoms with Crippen LogP contribution in [0.1, 0.15) is 32.3 Å². The van der Waals surface area contributed by atoms with E-state index in [0.29, 0.717) is 6.42 Å². The first-order chi connectivity index (χ1) is 9.54. The van der Waals surface area contributed by atoms with Gasteiger partial charge in [-0.1, -0.05) is 44.2 Å². The van der Waals surface area contributed by atoms with Gasteiger partial charge in [0.15, 0.2) is 5.78 Å². The van der Waals surface area contributed by atoms with Crippen molar-refractivity contribution in [2.24, 2.45) is 5.92 Å². The number of carbonyl (C=O) groups excluding carboxylic acids is 2. The second-order valence-corrected chi connectivity index (χ2v) is 5.08. The van der Waals surface area contributed by atoms with Crippen LogP contribution in [0, 0.1) is 5.92 Å². The summed E-state index contributed by atoms with van der Waals surface area (Å²) in [5.41, 5.74) is 0.962. The van der Waals surface area contributed by atoms with E-state index in [9.17, 15) is 9.59 Å². The van der Waals surface area contributed by atoms with Gasteiger partial charge in [0, 0.05) is 12.3 Å². The van der Waals surface area contributed by atoms with E-state index in [1.165, 1.54) is 0 Å². The highest BCUT2D eigenvalue weighted by molar-refractivity contribution is 5.86. The van der Waals surface area contributed by atoms with E-state index < -0.39 is 0 Å². The van der Waals surface area contributed by atoms with Crippen LogP contribution in [-0.4, -0.2) is 24.8 Å². The number of ether oxygens (including phenoxy) is 1. The minimum absolute atomic E-state index is 0.0345. The summed E-state index contributed by atoms with van der Waals surface area (Å²) >= 11 is 0. The van der Waals surface area contributed by atoms with E-state index in [1.807, 2.05) is 44.2 Å². The molecule has 0 saturated carbocycles. The van der Waals surface area contributed by atoms with Gasteiger partial charge in [0.2, 0.25) is 0 Å². The summed E-state index contributed by atoms with van der Waals surface area (Å²) in [6.45, 7) is 4.00. The molecule has 0 fully saturated rings. The summed E-state index contributed by atoms with van der Waals surface area (Å²) in [7, 11) is 1.74. The van der Waals surface area contributed by atoms with Crippen molar-refractivity contribution >= 4 is 11.8 Å². The largest absolute Gasteiger partial charge is 0.461 e. The number of rotatable bonds is 8. The zero-order valence-electron chi connectivity index (χ0n) is 12.4. The molecule has 0 radical (unpaired) electrons. The van der Waals surface area contributed by atoms with Gasteiger partial charge >= 0.3 is 5.97 Å². The number of likely N-dealkylation sites (N-methyl/N-ethyl adjacent to an activating group) is 1. The quantitative estimate of drug-likeness (QED) is 0.741. The molecule has 1 atom stereocenters. The topological polar surface area (TPSA) is 55.4 Å². The summed E-state index contributed by atoms with van der Waals surface area (Å²) in [6, 6.07) is 9.26. The first-order valence-electron chi connectivity index (χ1n) is 6.95. The summed E-state index contributed by atoms with van der Waals surface area (Å²) < 4.78 is 5.19. The van der Waals surface area contributed by atoms with Gasteiger partial charge in [0.05, 0.1) is 6.04 Å². The van der Waals surface area contributed by atoms with Crippen molar-refractivity contribution in [2.75, 3.05) is 7.05 Å². The van der Waals surface area contributed by atoms with Crippen molar-refractivity contribution in [2.45, 2.75) is 39.3 Å². The lowest BCUT2D eigenvalue weighted by Gasteiger charge is -2.16. The second kappa shape index (κ2) is 8.48. The molecule has 1 rings (SSSR count). The molecule has 0 spiro atoms. The zero-order chi connectivity index (χ0) is 15.0. The maximum atomic E-state index is 11.9. The van der Waals surface area contributed by atoms with E-state index in [2.05, 4.69) is 5.32 Å². The second-order valence-electron chi connectivity index (χ2n) is 5.08. The minimum Gasteiger partial charge on any atom is -0.461 e.